The minimum Gasteiger partial charge on any atom is -0.480 e. The van der Waals surface area contributed by atoms with Gasteiger partial charge in [0.2, 0.25) is 0 Å². The zero-order valence-electron chi connectivity index (χ0n) is 11.3. The lowest BCUT2D eigenvalue weighted by Crippen LogP contribution is -2.50. The molecule has 0 saturated carbocycles. The number of nitrogens with one attached hydrogen (secondary N) is 2. The van der Waals surface area contributed by atoms with Crippen LogP contribution in [0.3, 0.4) is 0 Å². The maximum Gasteiger partial charge on any atom is 0.326 e. The van der Waals surface area contributed by atoms with Crippen molar-refractivity contribution < 1.29 is 24.2 Å². The van der Waals surface area contributed by atoms with Gasteiger partial charge in [0.05, 0.1) is 6.61 Å². The fourth-order valence-electron chi connectivity index (χ4n) is 1.96. The van der Waals surface area contributed by atoms with Gasteiger partial charge in [-0.15, -0.1) is 0 Å². The Bertz CT molecular complexity index is 304. The summed E-state index contributed by atoms with van der Waals surface area (Å²) in [6.07, 6.45) is 1.15. The Morgan fingerprint density at radius 2 is 2.21 bits per heavy atom. The summed E-state index contributed by atoms with van der Waals surface area (Å²) in [4.78, 5) is 22.7. The quantitative estimate of drug-likeness (QED) is 0.616. The van der Waals surface area contributed by atoms with Crippen LogP contribution in [0.5, 0.6) is 0 Å². The highest BCUT2D eigenvalue weighted by Gasteiger charge is 2.25. The van der Waals surface area contributed by atoms with Crippen LogP contribution in [0.25, 0.3) is 0 Å². The van der Waals surface area contributed by atoms with Crippen LogP contribution in [0.15, 0.2) is 0 Å². The number of aliphatic carboxylic acids is 1. The molecule has 1 heterocycles. The van der Waals surface area contributed by atoms with Crippen molar-refractivity contribution in [2.45, 2.75) is 31.8 Å². The van der Waals surface area contributed by atoms with Crippen LogP contribution in [0.2, 0.25) is 0 Å². The van der Waals surface area contributed by atoms with E-state index in [-0.39, 0.29) is 25.0 Å². The Balaban J connectivity index is 2.36. The summed E-state index contributed by atoms with van der Waals surface area (Å²) >= 11 is 0. The van der Waals surface area contributed by atoms with Crippen LogP contribution in [0, 0.1) is 5.92 Å². The van der Waals surface area contributed by atoms with Crippen LogP contribution in [0.4, 0.5) is 4.79 Å². The fourth-order valence-corrected chi connectivity index (χ4v) is 1.96. The van der Waals surface area contributed by atoms with Crippen LogP contribution >= 0.6 is 0 Å². The molecule has 1 aliphatic heterocycles. The number of methoxy groups -OCH3 is 1. The number of rotatable bonds is 7. The molecule has 0 aromatic carbocycles. The van der Waals surface area contributed by atoms with E-state index < -0.39 is 18.0 Å². The number of amides is 2. The molecule has 0 radical (unpaired) electrons. The number of carbonyl (C=O) groups is 2. The first-order valence-electron chi connectivity index (χ1n) is 6.41. The lowest BCUT2D eigenvalue weighted by Gasteiger charge is -2.21. The minimum absolute atomic E-state index is 0.0422. The van der Waals surface area contributed by atoms with Gasteiger partial charge in [-0.25, -0.2) is 9.59 Å². The molecular weight excluding hydrogens is 252 g/mol. The summed E-state index contributed by atoms with van der Waals surface area (Å²) in [5, 5.41) is 14.2. The minimum atomic E-state index is -1.07. The van der Waals surface area contributed by atoms with E-state index in [1.165, 1.54) is 7.11 Å². The Kier molecular flexibility index (Phi) is 6.58. The van der Waals surface area contributed by atoms with Gasteiger partial charge in [0, 0.05) is 38.7 Å². The molecule has 2 amide bonds. The summed E-state index contributed by atoms with van der Waals surface area (Å²) in [6.45, 7) is 3.52. The third-order valence-electron chi connectivity index (χ3n) is 3.24. The lowest BCUT2D eigenvalue weighted by molar-refractivity contribution is -0.139. The first-order valence-corrected chi connectivity index (χ1v) is 6.41. The van der Waals surface area contributed by atoms with Gasteiger partial charge in [-0.1, -0.05) is 0 Å². The molecule has 0 aromatic heterocycles. The van der Waals surface area contributed by atoms with Crippen molar-refractivity contribution in [2.24, 2.45) is 5.92 Å². The van der Waals surface area contributed by atoms with E-state index in [0.717, 1.165) is 6.42 Å². The van der Waals surface area contributed by atoms with Crippen molar-refractivity contribution in [1.82, 2.24) is 10.6 Å². The van der Waals surface area contributed by atoms with Gasteiger partial charge in [0.1, 0.15) is 6.04 Å². The van der Waals surface area contributed by atoms with Crippen molar-refractivity contribution in [3.63, 3.8) is 0 Å². The van der Waals surface area contributed by atoms with Gasteiger partial charge in [0.25, 0.3) is 0 Å². The van der Waals surface area contributed by atoms with Crippen LogP contribution in [-0.4, -0.2) is 56.1 Å². The SMILES string of the molecule is COCCC(NC(=O)NC(C)C1CCOC1)C(=O)O. The van der Waals surface area contributed by atoms with E-state index >= 15 is 0 Å². The van der Waals surface area contributed by atoms with E-state index in [1.807, 2.05) is 6.92 Å². The second-order valence-electron chi connectivity index (χ2n) is 4.70. The normalized spacial score (nSPS) is 21.7. The highest BCUT2D eigenvalue weighted by Crippen LogP contribution is 2.16. The molecule has 3 N–H and O–H groups in total. The summed E-state index contributed by atoms with van der Waals surface area (Å²) in [5.74, 6) is -0.781. The van der Waals surface area contributed by atoms with E-state index in [9.17, 15) is 9.59 Å². The standard InChI is InChI=1S/C12H22N2O5/c1-8(9-3-6-19-7-9)13-12(17)14-10(11(15)16)4-5-18-2/h8-10H,3-7H2,1-2H3,(H,15,16)(H2,13,14,17). The van der Waals surface area contributed by atoms with Crippen molar-refractivity contribution in [1.29, 1.82) is 0 Å². The van der Waals surface area contributed by atoms with Crippen molar-refractivity contribution in [3.8, 4) is 0 Å². The van der Waals surface area contributed by atoms with Crippen LogP contribution in [-0.2, 0) is 14.3 Å². The first-order chi connectivity index (χ1) is 9.04. The molecule has 1 saturated heterocycles. The average Bonchev–Trinajstić information content (AvgIpc) is 2.87. The molecule has 0 bridgehead atoms. The summed E-state index contributed by atoms with van der Waals surface area (Å²) < 4.78 is 10.1. The van der Waals surface area contributed by atoms with E-state index in [4.69, 9.17) is 14.6 Å². The summed E-state index contributed by atoms with van der Waals surface area (Å²) in [5.41, 5.74) is 0. The summed E-state index contributed by atoms with van der Waals surface area (Å²) in [7, 11) is 1.49. The second kappa shape index (κ2) is 7.96. The summed E-state index contributed by atoms with van der Waals surface area (Å²) in [6, 6.07) is -1.45. The first kappa shape index (κ1) is 15.7. The Morgan fingerprint density at radius 3 is 2.74 bits per heavy atom. The Morgan fingerprint density at radius 1 is 1.47 bits per heavy atom. The molecule has 0 aliphatic carbocycles. The van der Waals surface area contributed by atoms with Gasteiger partial charge >= 0.3 is 12.0 Å². The van der Waals surface area contributed by atoms with Crippen LogP contribution in [0.1, 0.15) is 19.8 Å². The molecule has 7 heteroatoms. The fraction of sp³-hybridized carbons (Fsp3) is 0.833. The zero-order chi connectivity index (χ0) is 14.3. The number of carboxylic acids is 1. The molecule has 3 unspecified atom stereocenters. The van der Waals surface area contributed by atoms with Gasteiger partial charge in [0.15, 0.2) is 0 Å². The highest BCUT2D eigenvalue weighted by molar-refractivity contribution is 5.82. The number of urea groups is 1. The number of carbonyl (C=O) groups excluding carboxylic acids is 1. The number of hydrogen-bond donors (Lipinski definition) is 3. The van der Waals surface area contributed by atoms with Crippen LogP contribution < -0.4 is 10.6 Å². The Hall–Kier alpha value is -1.34. The van der Waals surface area contributed by atoms with E-state index in [1.54, 1.807) is 0 Å². The molecule has 1 rings (SSSR count). The van der Waals surface area contributed by atoms with E-state index in [2.05, 4.69) is 10.6 Å². The van der Waals surface area contributed by atoms with Gasteiger partial charge < -0.3 is 25.2 Å². The topological polar surface area (TPSA) is 96.9 Å². The smallest absolute Gasteiger partial charge is 0.326 e. The van der Waals surface area contributed by atoms with Gasteiger partial charge in [-0.2, -0.15) is 0 Å². The molecule has 0 aromatic rings. The van der Waals surface area contributed by atoms with Crippen molar-refractivity contribution in [2.75, 3.05) is 26.9 Å². The van der Waals surface area contributed by atoms with Gasteiger partial charge in [-0.05, 0) is 13.3 Å². The molecule has 3 atom stereocenters. The van der Waals surface area contributed by atoms with Crippen molar-refractivity contribution >= 4 is 12.0 Å². The van der Waals surface area contributed by atoms with Gasteiger partial charge in [-0.3, -0.25) is 0 Å². The third-order valence-corrected chi connectivity index (χ3v) is 3.24. The molecular formula is C12H22N2O5. The molecule has 110 valence electrons. The highest BCUT2D eigenvalue weighted by atomic mass is 16.5. The predicted octanol–water partition coefficient (Wildman–Crippen LogP) is 0.200. The average molecular weight is 274 g/mol. The molecule has 19 heavy (non-hydrogen) atoms. The number of carboxylic acid groups (broad SMARTS) is 1. The van der Waals surface area contributed by atoms with Crippen molar-refractivity contribution in [3.05, 3.63) is 0 Å². The maximum absolute atomic E-state index is 11.7. The Labute approximate surface area is 112 Å². The molecule has 1 aliphatic rings. The third kappa shape index (κ3) is 5.44. The number of ether oxygens (including phenoxy) is 2. The largest absolute Gasteiger partial charge is 0.480 e. The lowest BCUT2D eigenvalue weighted by atomic mass is 10.0. The zero-order valence-corrected chi connectivity index (χ0v) is 11.3. The van der Waals surface area contributed by atoms with E-state index in [0.29, 0.717) is 13.2 Å². The number of hydrogen-bond acceptors (Lipinski definition) is 4. The predicted molar refractivity (Wildman–Crippen MR) is 68.0 cm³/mol. The molecule has 1 fully saturated rings. The second-order valence-corrected chi connectivity index (χ2v) is 4.70. The maximum atomic E-state index is 11.7. The monoisotopic (exact) mass is 274 g/mol. The molecule has 0 spiro atoms. The molecule has 7 nitrogen and oxygen atoms in total.